The number of carbonyl (C=O) groups excluding carboxylic acids is 2. The molecule has 35 heavy (non-hydrogen) atoms. The fourth-order valence-corrected chi connectivity index (χ4v) is 6.37. The van der Waals surface area contributed by atoms with Gasteiger partial charge in [0, 0.05) is 48.5 Å². The Morgan fingerprint density at radius 1 is 1.09 bits per heavy atom. The lowest BCUT2D eigenvalue weighted by Gasteiger charge is -2.36. The number of hydrogen-bond donors (Lipinski definition) is 1. The molecule has 1 unspecified atom stereocenters. The zero-order chi connectivity index (χ0) is 24.9. The average Bonchev–Trinajstić information content (AvgIpc) is 3.16. The van der Waals surface area contributed by atoms with E-state index in [9.17, 15) is 9.59 Å². The van der Waals surface area contributed by atoms with E-state index in [2.05, 4.69) is 31.7 Å². The molecule has 2 aliphatic rings. The van der Waals surface area contributed by atoms with Crippen molar-refractivity contribution in [3.63, 3.8) is 0 Å². The summed E-state index contributed by atoms with van der Waals surface area (Å²) in [6.07, 6.45) is 3.17. The number of fused-ring (bicyclic) bond motifs is 2. The number of hydrogen-bond acceptors (Lipinski definition) is 6. The normalized spacial score (nSPS) is 18.6. The highest BCUT2D eigenvalue weighted by molar-refractivity contribution is 7.21. The van der Waals surface area contributed by atoms with Crippen LogP contribution in [0.4, 0.5) is 11.4 Å². The summed E-state index contributed by atoms with van der Waals surface area (Å²) in [7, 11) is 0. The molecule has 0 radical (unpaired) electrons. The molecule has 3 aromatic rings. The molecule has 1 fully saturated rings. The summed E-state index contributed by atoms with van der Waals surface area (Å²) in [5, 5.41) is 0.927. The van der Waals surface area contributed by atoms with Crippen LogP contribution in [0.3, 0.4) is 0 Å². The van der Waals surface area contributed by atoms with E-state index in [1.165, 1.54) is 22.6 Å². The molecule has 7 heteroatoms. The lowest BCUT2D eigenvalue weighted by Crippen LogP contribution is -2.48. The average molecular weight is 491 g/mol. The molecule has 1 atom stereocenters. The number of nitrogens with two attached hydrogens (primary N) is 1. The van der Waals surface area contributed by atoms with Crippen LogP contribution in [0.25, 0.3) is 10.2 Å². The first kappa shape index (κ1) is 23.8. The van der Waals surface area contributed by atoms with Gasteiger partial charge in [0.05, 0.1) is 5.69 Å². The van der Waals surface area contributed by atoms with Crippen LogP contribution in [0, 0.1) is 11.3 Å². The van der Waals surface area contributed by atoms with Gasteiger partial charge in [0.1, 0.15) is 9.71 Å². The summed E-state index contributed by atoms with van der Waals surface area (Å²) in [6.45, 7) is 11.3. The van der Waals surface area contributed by atoms with Crippen molar-refractivity contribution in [1.82, 2.24) is 9.88 Å². The maximum absolute atomic E-state index is 13.4. The summed E-state index contributed by atoms with van der Waals surface area (Å²) >= 11 is 1.43. The van der Waals surface area contributed by atoms with Crippen LogP contribution in [0.1, 0.15) is 65.4 Å². The maximum Gasteiger partial charge on any atom is 0.266 e. The second-order valence-corrected chi connectivity index (χ2v) is 12.0. The van der Waals surface area contributed by atoms with Crippen LogP contribution >= 0.6 is 11.3 Å². The zero-order valence-corrected chi connectivity index (χ0v) is 21.9. The van der Waals surface area contributed by atoms with Gasteiger partial charge >= 0.3 is 0 Å². The minimum Gasteiger partial charge on any atom is -0.397 e. The van der Waals surface area contributed by atoms with Gasteiger partial charge in [-0.25, -0.2) is 4.98 Å². The van der Waals surface area contributed by atoms with Gasteiger partial charge in [-0.05, 0) is 73.4 Å². The highest BCUT2D eigenvalue weighted by atomic mass is 32.1. The van der Waals surface area contributed by atoms with Gasteiger partial charge in [-0.15, -0.1) is 11.3 Å². The number of benzene rings is 1. The number of nitrogen functional groups attached to an aromatic ring is 1. The minimum absolute atomic E-state index is 0.00242. The number of nitrogens with zero attached hydrogens (tertiary/aromatic N) is 3. The number of thiophene rings is 1. The third kappa shape index (κ3) is 4.54. The van der Waals surface area contributed by atoms with E-state index in [1.54, 1.807) is 6.92 Å². The molecule has 184 valence electrons. The van der Waals surface area contributed by atoms with Crippen molar-refractivity contribution in [2.45, 2.75) is 47.0 Å². The monoisotopic (exact) mass is 490 g/mol. The second-order valence-electron chi connectivity index (χ2n) is 11.0. The molecular formula is C28H34N4O2S. The smallest absolute Gasteiger partial charge is 0.266 e. The van der Waals surface area contributed by atoms with Gasteiger partial charge in [0.2, 0.25) is 0 Å². The van der Waals surface area contributed by atoms with Crippen LogP contribution in [0.2, 0.25) is 0 Å². The van der Waals surface area contributed by atoms with E-state index in [0.29, 0.717) is 35.1 Å². The van der Waals surface area contributed by atoms with E-state index in [-0.39, 0.29) is 17.1 Å². The molecule has 1 aliphatic carbocycles. The van der Waals surface area contributed by atoms with E-state index in [4.69, 9.17) is 10.7 Å². The quantitative estimate of drug-likeness (QED) is 0.511. The molecule has 2 N–H and O–H groups in total. The predicted octanol–water partition coefficient (Wildman–Crippen LogP) is 5.19. The number of amides is 1. The third-order valence-corrected chi connectivity index (χ3v) is 8.81. The number of pyridine rings is 1. The number of carbonyl (C=O) groups is 2. The first-order valence-electron chi connectivity index (χ1n) is 12.5. The Morgan fingerprint density at radius 3 is 2.40 bits per heavy atom. The SMILES string of the molecule is CC(=O)c1ccc(N2CCN(C(=O)c3sc4nc5c(cc4c3N)CC(C(C)(C)C)CC5)CC2)cc1. The Kier molecular flexibility index (Phi) is 6.08. The minimum atomic E-state index is 0.00242. The molecule has 6 nitrogen and oxygen atoms in total. The van der Waals surface area contributed by atoms with Gasteiger partial charge < -0.3 is 15.5 Å². The molecule has 2 aromatic heterocycles. The van der Waals surface area contributed by atoms with Crippen LogP contribution in [-0.4, -0.2) is 47.8 Å². The zero-order valence-electron chi connectivity index (χ0n) is 21.1. The number of Topliss-reactive ketones (excluding diaryl/α,β-unsaturated/α-hetero) is 1. The maximum atomic E-state index is 13.4. The summed E-state index contributed by atoms with van der Waals surface area (Å²) in [5.41, 5.74) is 11.6. The number of piperazine rings is 1. The standard InChI is InChI=1S/C28H34N4O2S/c1-17(33)18-5-8-21(9-6-18)31-11-13-32(14-12-31)27(34)25-24(29)22-16-19-15-20(28(2,3)4)7-10-23(19)30-26(22)35-25/h5-6,8-9,16,20H,7,10-15,29H2,1-4H3. The first-order valence-corrected chi connectivity index (χ1v) is 13.3. The second kappa shape index (κ2) is 8.94. The van der Waals surface area contributed by atoms with Gasteiger partial charge in [-0.2, -0.15) is 0 Å². The van der Waals surface area contributed by atoms with Crippen molar-refractivity contribution in [3.8, 4) is 0 Å². The van der Waals surface area contributed by atoms with Crippen molar-refractivity contribution < 1.29 is 9.59 Å². The van der Waals surface area contributed by atoms with E-state index >= 15 is 0 Å². The highest BCUT2D eigenvalue weighted by Gasteiger charge is 2.31. The summed E-state index contributed by atoms with van der Waals surface area (Å²) < 4.78 is 0. The van der Waals surface area contributed by atoms with E-state index in [0.717, 1.165) is 48.3 Å². The molecule has 1 amide bonds. The molecule has 1 aliphatic heterocycles. The molecule has 3 heterocycles. The number of anilines is 2. The molecular weight excluding hydrogens is 456 g/mol. The number of rotatable bonds is 3. The van der Waals surface area contributed by atoms with Gasteiger partial charge in [0.15, 0.2) is 5.78 Å². The van der Waals surface area contributed by atoms with Crippen LogP contribution in [0.15, 0.2) is 30.3 Å². The van der Waals surface area contributed by atoms with E-state index < -0.39 is 0 Å². The molecule has 5 rings (SSSR count). The van der Waals surface area contributed by atoms with Crippen molar-refractivity contribution in [1.29, 1.82) is 0 Å². The Morgan fingerprint density at radius 2 is 1.77 bits per heavy atom. The fourth-order valence-electron chi connectivity index (χ4n) is 5.31. The molecule has 0 saturated carbocycles. The summed E-state index contributed by atoms with van der Waals surface area (Å²) in [5.74, 6) is 0.699. The Hall–Kier alpha value is -2.93. The Bertz CT molecular complexity index is 1280. The summed E-state index contributed by atoms with van der Waals surface area (Å²) in [6, 6.07) is 9.89. The number of aromatic nitrogens is 1. The number of ketones is 1. The van der Waals surface area contributed by atoms with Gasteiger partial charge in [0.25, 0.3) is 5.91 Å². The van der Waals surface area contributed by atoms with Gasteiger partial charge in [-0.3, -0.25) is 9.59 Å². The molecule has 0 spiro atoms. The lowest BCUT2D eigenvalue weighted by molar-refractivity contribution is 0.0752. The fraction of sp³-hybridized carbons (Fsp3) is 0.464. The van der Waals surface area contributed by atoms with Crippen molar-refractivity contribution in [2.75, 3.05) is 36.8 Å². The first-order chi connectivity index (χ1) is 16.6. The lowest BCUT2D eigenvalue weighted by atomic mass is 9.71. The van der Waals surface area contributed by atoms with Crippen LogP contribution in [0.5, 0.6) is 0 Å². The molecule has 1 saturated heterocycles. The molecule has 0 bridgehead atoms. The van der Waals surface area contributed by atoms with Crippen LogP contribution in [-0.2, 0) is 12.8 Å². The van der Waals surface area contributed by atoms with Crippen molar-refractivity contribution in [3.05, 3.63) is 52.0 Å². The Balaban J connectivity index is 1.31. The van der Waals surface area contributed by atoms with Crippen molar-refractivity contribution in [2.24, 2.45) is 11.3 Å². The topological polar surface area (TPSA) is 79.5 Å². The number of aryl methyl sites for hydroxylation is 1. The molecule has 1 aromatic carbocycles. The van der Waals surface area contributed by atoms with Gasteiger partial charge in [-0.1, -0.05) is 20.8 Å². The third-order valence-electron chi connectivity index (χ3n) is 7.71. The van der Waals surface area contributed by atoms with Crippen LogP contribution < -0.4 is 10.6 Å². The predicted molar refractivity (Wildman–Crippen MR) is 144 cm³/mol. The summed E-state index contributed by atoms with van der Waals surface area (Å²) in [4.78, 5) is 35.6. The van der Waals surface area contributed by atoms with E-state index in [1.807, 2.05) is 29.2 Å². The Labute approximate surface area is 211 Å². The largest absolute Gasteiger partial charge is 0.397 e. The van der Waals surface area contributed by atoms with Crippen molar-refractivity contribution >= 4 is 44.6 Å². The highest BCUT2D eigenvalue weighted by Crippen LogP contribution is 2.40.